The monoisotopic (exact) mass is 483 g/mol. The van der Waals surface area contributed by atoms with E-state index in [2.05, 4.69) is 36.2 Å². The number of anilines is 1. The summed E-state index contributed by atoms with van der Waals surface area (Å²) >= 11 is 0. The van der Waals surface area contributed by atoms with Crippen LogP contribution < -0.4 is 10.1 Å². The van der Waals surface area contributed by atoms with Crippen LogP contribution >= 0.6 is 0 Å². The summed E-state index contributed by atoms with van der Waals surface area (Å²) in [5.41, 5.74) is 2.22. The van der Waals surface area contributed by atoms with E-state index >= 15 is 0 Å². The van der Waals surface area contributed by atoms with Gasteiger partial charge in [-0.1, -0.05) is 37.3 Å². The number of fused-ring (bicyclic) bond motifs is 1. The molecule has 0 bridgehead atoms. The molecule has 0 fully saturated rings. The van der Waals surface area contributed by atoms with Gasteiger partial charge in [-0.3, -0.25) is 14.5 Å². The van der Waals surface area contributed by atoms with Crippen molar-refractivity contribution in [2.24, 2.45) is 5.92 Å². The Morgan fingerprint density at radius 1 is 1.11 bits per heavy atom. The Labute approximate surface area is 208 Å². The highest BCUT2D eigenvalue weighted by Gasteiger charge is 2.28. The maximum atomic E-state index is 13.3. The number of amides is 2. The highest BCUT2D eigenvalue weighted by Crippen LogP contribution is 2.27. The molecule has 8 heteroatoms. The number of carbonyl (C=O) groups is 2. The summed E-state index contributed by atoms with van der Waals surface area (Å²) in [6, 6.07) is 15.5. The zero-order valence-corrected chi connectivity index (χ0v) is 21.3. The van der Waals surface area contributed by atoms with Gasteiger partial charge in [0.05, 0.1) is 11.7 Å². The van der Waals surface area contributed by atoms with E-state index in [4.69, 9.17) is 14.2 Å². The topological polar surface area (TPSA) is 80.3 Å². The van der Waals surface area contributed by atoms with Gasteiger partial charge in [0, 0.05) is 58.7 Å². The van der Waals surface area contributed by atoms with Crippen LogP contribution in [0, 0.1) is 5.92 Å². The molecule has 1 N–H and O–H groups in total. The number of carbonyl (C=O) groups excluding carboxylic acids is 2. The predicted octanol–water partition coefficient (Wildman–Crippen LogP) is 3.28. The van der Waals surface area contributed by atoms with Crippen molar-refractivity contribution in [3.8, 4) is 5.75 Å². The average molecular weight is 484 g/mol. The first kappa shape index (κ1) is 26.7. The molecule has 0 aliphatic carbocycles. The standard InChI is InChI=1S/C27H37N3O5/c1-19-14-30(15-21-9-7-6-8-10-21)20(2)17-35-24-13-22(28-26(31)18-33-4)11-12-23(24)27(32)29(3)16-25(19)34-5/h6-13,19-20,25H,14-18H2,1-5H3,(H,28,31)/t19-,20-,25-/m0/s1. The molecule has 1 aliphatic rings. The Kier molecular flexibility index (Phi) is 9.65. The van der Waals surface area contributed by atoms with Crippen molar-refractivity contribution in [2.45, 2.75) is 32.5 Å². The molecule has 2 aromatic carbocycles. The molecule has 190 valence electrons. The van der Waals surface area contributed by atoms with Gasteiger partial charge in [0.15, 0.2) is 0 Å². The molecule has 0 saturated heterocycles. The number of nitrogens with one attached hydrogen (secondary N) is 1. The fourth-order valence-electron chi connectivity index (χ4n) is 4.29. The summed E-state index contributed by atoms with van der Waals surface area (Å²) < 4.78 is 16.9. The SMILES string of the molecule is COCC(=O)Nc1ccc2c(c1)OC[C@H](C)N(Cc1ccccc1)C[C@H](C)[C@@H](OC)CN(C)C2=O. The third-order valence-corrected chi connectivity index (χ3v) is 6.36. The lowest BCUT2D eigenvalue weighted by Gasteiger charge is -2.36. The van der Waals surface area contributed by atoms with E-state index in [1.807, 2.05) is 18.2 Å². The number of nitrogens with zero attached hydrogens (tertiary/aromatic N) is 2. The Morgan fingerprint density at radius 3 is 2.54 bits per heavy atom. The molecule has 1 aliphatic heterocycles. The number of rotatable bonds is 6. The summed E-state index contributed by atoms with van der Waals surface area (Å²) in [4.78, 5) is 29.4. The zero-order valence-electron chi connectivity index (χ0n) is 21.3. The molecule has 0 unspecified atom stereocenters. The Hall–Kier alpha value is -2.94. The number of benzene rings is 2. The summed E-state index contributed by atoms with van der Waals surface area (Å²) in [5, 5.41) is 2.78. The van der Waals surface area contributed by atoms with E-state index in [-0.39, 0.29) is 36.5 Å². The summed E-state index contributed by atoms with van der Waals surface area (Å²) in [7, 11) is 4.93. The van der Waals surface area contributed by atoms with E-state index < -0.39 is 0 Å². The van der Waals surface area contributed by atoms with Crippen LogP contribution in [0.5, 0.6) is 5.75 Å². The largest absolute Gasteiger partial charge is 0.491 e. The van der Waals surface area contributed by atoms with Crippen LogP contribution in [0.4, 0.5) is 5.69 Å². The third kappa shape index (κ3) is 7.27. The molecule has 35 heavy (non-hydrogen) atoms. The highest BCUT2D eigenvalue weighted by molar-refractivity contribution is 5.98. The zero-order chi connectivity index (χ0) is 25.4. The van der Waals surface area contributed by atoms with Crippen LogP contribution in [-0.2, 0) is 20.8 Å². The van der Waals surface area contributed by atoms with Crippen LogP contribution in [-0.4, -0.2) is 81.3 Å². The molecule has 2 amide bonds. The van der Waals surface area contributed by atoms with Gasteiger partial charge >= 0.3 is 0 Å². The van der Waals surface area contributed by atoms with Gasteiger partial charge in [-0.05, 0) is 30.5 Å². The lowest BCUT2D eigenvalue weighted by Crippen LogP contribution is -2.46. The van der Waals surface area contributed by atoms with Gasteiger partial charge in [-0.2, -0.15) is 0 Å². The molecule has 0 aromatic heterocycles. The molecule has 2 aromatic rings. The van der Waals surface area contributed by atoms with Crippen molar-refractivity contribution in [3.05, 3.63) is 59.7 Å². The highest BCUT2D eigenvalue weighted by atomic mass is 16.5. The minimum Gasteiger partial charge on any atom is -0.491 e. The molecule has 0 saturated carbocycles. The molecular formula is C27H37N3O5. The van der Waals surface area contributed by atoms with E-state index in [1.54, 1.807) is 37.3 Å². The number of likely N-dealkylation sites (N-methyl/N-ethyl adjacent to an activating group) is 1. The van der Waals surface area contributed by atoms with Crippen LogP contribution in [0.2, 0.25) is 0 Å². The number of ether oxygens (including phenoxy) is 3. The second-order valence-corrected chi connectivity index (χ2v) is 9.20. The number of hydrogen-bond donors (Lipinski definition) is 1. The molecule has 1 heterocycles. The van der Waals surface area contributed by atoms with E-state index in [9.17, 15) is 9.59 Å². The Bertz CT molecular complexity index is 984. The van der Waals surface area contributed by atoms with Crippen molar-refractivity contribution in [1.29, 1.82) is 0 Å². The third-order valence-electron chi connectivity index (χ3n) is 6.36. The van der Waals surface area contributed by atoms with Crippen molar-refractivity contribution in [3.63, 3.8) is 0 Å². The first-order valence-corrected chi connectivity index (χ1v) is 11.9. The fraction of sp³-hybridized carbons (Fsp3) is 0.481. The Balaban J connectivity index is 1.92. The Morgan fingerprint density at radius 2 is 1.86 bits per heavy atom. The molecule has 0 radical (unpaired) electrons. The van der Waals surface area contributed by atoms with Crippen molar-refractivity contribution in [1.82, 2.24) is 9.80 Å². The van der Waals surface area contributed by atoms with E-state index in [0.29, 0.717) is 30.2 Å². The number of hydrogen-bond acceptors (Lipinski definition) is 6. The smallest absolute Gasteiger partial charge is 0.257 e. The lowest BCUT2D eigenvalue weighted by molar-refractivity contribution is -0.119. The second kappa shape index (κ2) is 12.7. The minimum atomic E-state index is -0.275. The molecule has 3 rings (SSSR count). The van der Waals surface area contributed by atoms with Gasteiger partial charge in [0.1, 0.15) is 19.0 Å². The summed E-state index contributed by atoms with van der Waals surface area (Å²) in [5.74, 6) is 0.201. The quantitative estimate of drug-likeness (QED) is 0.679. The van der Waals surface area contributed by atoms with Crippen LogP contribution in [0.3, 0.4) is 0 Å². The van der Waals surface area contributed by atoms with Crippen LogP contribution in [0.15, 0.2) is 48.5 Å². The van der Waals surface area contributed by atoms with E-state index in [0.717, 1.165) is 13.1 Å². The van der Waals surface area contributed by atoms with Crippen LogP contribution in [0.1, 0.15) is 29.8 Å². The maximum absolute atomic E-state index is 13.3. The molecule has 3 atom stereocenters. The van der Waals surface area contributed by atoms with Gasteiger partial charge < -0.3 is 24.4 Å². The summed E-state index contributed by atoms with van der Waals surface area (Å²) in [6.07, 6.45) is -0.120. The minimum absolute atomic E-state index is 0.0539. The van der Waals surface area contributed by atoms with Crippen molar-refractivity contribution < 1.29 is 23.8 Å². The normalized spacial score (nSPS) is 21.9. The van der Waals surface area contributed by atoms with Crippen LogP contribution in [0.25, 0.3) is 0 Å². The van der Waals surface area contributed by atoms with Gasteiger partial charge in [0.2, 0.25) is 5.91 Å². The van der Waals surface area contributed by atoms with Gasteiger partial charge in [-0.15, -0.1) is 0 Å². The maximum Gasteiger partial charge on any atom is 0.257 e. The number of methoxy groups -OCH3 is 2. The van der Waals surface area contributed by atoms with Gasteiger partial charge in [0.25, 0.3) is 5.91 Å². The first-order chi connectivity index (χ1) is 16.8. The second-order valence-electron chi connectivity index (χ2n) is 9.20. The molecule has 0 spiro atoms. The van der Waals surface area contributed by atoms with Gasteiger partial charge in [-0.25, -0.2) is 0 Å². The lowest BCUT2D eigenvalue weighted by atomic mass is 10.0. The predicted molar refractivity (Wildman–Crippen MR) is 136 cm³/mol. The van der Waals surface area contributed by atoms with Crippen molar-refractivity contribution in [2.75, 3.05) is 52.9 Å². The van der Waals surface area contributed by atoms with Crippen molar-refractivity contribution >= 4 is 17.5 Å². The molecular weight excluding hydrogens is 446 g/mol. The summed E-state index contributed by atoms with van der Waals surface area (Å²) in [6.45, 7) is 6.64. The average Bonchev–Trinajstić information content (AvgIpc) is 2.85. The molecule has 8 nitrogen and oxygen atoms in total. The first-order valence-electron chi connectivity index (χ1n) is 11.9. The van der Waals surface area contributed by atoms with E-state index in [1.165, 1.54) is 12.7 Å². The fourth-order valence-corrected chi connectivity index (χ4v) is 4.29.